The van der Waals surface area contributed by atoms with Gasteiger partial charge in [0.05, 0.1) is 6.10 Å². The second-order valence-electron chi connectivity index (χ2n) is 8.91. The zero-order chi connectivity index (χ0) is 19.8. The number of carbonyl (C=O) groups excluding carboxylic acids is 1. The topological polar surface area (TPSA) is 79.0 Å². The SMILES string of the molecule is O=C(c1nc2ccccc2o1)N1CCC2(CC1)CC(O)CN(C1CCOCC1)C2. The highest BCUT2D eigenvalue weighted by Crippen LogP contribution is 2.41. The highest BCUT2D eigenvalue weighted by molar-refractivity contribution is 5.92. The van der Waals surface area contributed by atoms with Gasteiger partial charge in [0.25, 0.3) is 5.89 Å². The number of benzene rings is 1. The molecule has 7 heteroatoms. The molecule has 3 aliphatic heterocycles. The number of fused-ring (bicyclic) bond motifs is 1. The van der Waals surface area contributed by atoms with Gasteiger partial charge in [0, 0.05) is 45.4 Å². The van der Waals surface area contributed by atoms with Crippen LogP contribution in [-0.2, 0) is 4.74 Å². The lowest BCUT2D eigenvalue weighted by atomic mass is 9.71. The predicted molar refractivity (Wildman–Crippen MR) is 108 cm³/mol. The Kier molecular flexibility index (Phi) is 5.05. The Balaban J connectivity index is 1.25. The predicted octanol–water partition coefficient (Wildman–Crippen LogP) is 2.30. The van der Waals surface area contributed by atoms with E-state index >= 15 is 0 Å². The molecule has 3 fully saturated rings. The fourth-order valence-corrected chi connectivity index (χ4v) is 5.37. The minimum Gasteiger partial charge on any atom is -0.432 e. The molecule has 1 aromatic carbocycles. The van der Waals surface area contributed by atoms with E-state index in [1.807, 2.05) is 29.2 Å². The Morgan fingerprint density at radius 1 is 1.17 bits per heavy atom. The van der Waals surface area contributed by atoms with Gasteiger partial charge in [-0.1, -0.05) is 12.1 Å². The average Bonchev–Trinajstić information content (AvgIpc) is 3.18. The van der Waals surface area contributed by atoms with Crippen molar-refractivity contribution < 1.29 is 19.1 Å². The molecule has 5 rings (SSSR count). The molecule has 1 atom stereocenters. The molecule has 156 valence electrons. The first kappa shape index (κ1) is 19.0. The molecule has 3 saturated heterocycles. The Hall–Kier alpha value is -1.96. The number of oxazole rings is 1. The van der Waals surface area contributed by atoms with Crippen LogP contribution in [-0.4, -0.2) is 77.3 Å². The maximum Gasteiger partial charge on any atom is 0.309 e. The molecular weight excluding hydrogens is 370 g/mol. The third kappa shape index (κ3) is 3.79. The summed E-state index contributed by atoms with van der Waals surface area (Å²) in [5.41, 5.74) is 1.45. The summed E-state index contributed by atoms with van der Waals surface area (Å²) in [5, 5.41) is 10.6. The molecule has 1 unspecified atom stereocenters. The first-order valence-corrected chi connectivity index (χ1v) is 10.8. The number of aromatic nitrogens is 1. The number of likely N-dealkylation sites (tertiary alicyclic amines) is 2. The van der Waals surface area contributed by atoms with Crippen LogP contribution < -0.4 is 0 Å². The second-order valence-corrected chi connectivity index (χ2v) is 8.91. The Labute approximate surface area is 170 Å². The van der Waals surface area contributed by atoms with Crippen molar-refractivity contribution >= 4 is 17.0 Å². The number of rotatable bonds is 2. The minimum absolute atomic E-state index is 0.0913. The highest BCUT2D eigenvalue weighted by Gasteiger charge is 2.44. The quantitative estimate of drug-likeness (QED) is 0.835. The van der Waals surface area contributed by atoms with Gasteiger partial charge in [-0.15, -0.1) is 0 Å². The molecule has 0 aliphatic carbocycles. The van der Waals surface area contributed by atoms with Crippen LogP contribution in [0.4, 0.5) is 0 Å². The van der Waals surface area contributed by atoms with Crippen molar-refractivity contribution in [3.8, 4) is 0 Å². The summed E-state index contributed by atoms with van der Waals surface area (Å²) in [7, 11) is 0. The van der Waals surface area contributed by atoms with Crippen molar-refractivity contribution in [2.24, 2.45) is 5.41 Å². The number of aliphatic hydroxyl groups is 1. The smallest absolute Gasteiger partial charge is 0.309 e. The molecule has 29 heavy (non-hydrogen) atoms. The molecule has 3 aliphatic rings. The van der Waals surface area contributed by atoms with E-state index in [9.17, 15) is 9.90 Å². The van der Waals surface area contributed by atoms with Crippen LogP contribution in [0, 0.1) is 5.41 Å². The maximum absolute atomic E-state index is 12.9. The fraction of sp³-hybridized carbons (Fsp3) is 0.636. The van der Waals surface area contributed by atoms with Gasteiger partial charge >= 0.3 is 5.91 Å². The lowest BCUT2D eigenvalue weighted by Crippen LogP contribution is -2.57. The summed E-state index contributed by atoms with van der Waals surface area (Å²) in [6.45, 7) is 4.78. The number of hydrogen-bond donors (Lipinski definition) is 1. The Bertz CT molecular complexity index is 835. The Morgan fingerprint density at radius 2 is 1.93 bits per heavy atom. The second kappa shape index (κ2) is 7.70. The summed E-state index contributed by atoms with van der Waals surface area (Å²) >= 11 is 0. The summed E-state index contributed by atoms with van der Waals surface area (Å²) in [6, 6.07) is 7.97. The molecule has 1 spiro atoms. The van der Waals surface area contributed by atoms with E-state index in [4.69, 9.17) is 9.15 Å². The van der Waals surface area contributed by atoms with Gasteiger partial charge in [0.15, 0.2) is 5.58 Å². The number of ether oxygens (including phenoxy) is 1. The van der Waals surface area contributed by atoms with E-state index in [1.54, 1.807) is 0 Å². The third-order valence-electron chi connectivity index (χ3n) is 6.95. The maximum atomic E-state index is 12.9. The summed E-state index contributed by atoms with van der Waals surface area (Å²) < 4.78 is 11.2. The first-order valence-electron chi connectivity index (χ1n) is 10.8. The van der Waals surface area contributed by atoms with Gasteiger partial charge in [0.1, 0.15) is 5.52 Å². The number of aliphatic hydroxyl groups excluding tert-OH is 1. The Morgan fingerprint density at radius 3 is 2.69 bits per heavy atom. The molecule has 1 N–H and O–H groups in total. The van der Waals surface area contributed by atoms with Crippen LogP contribution >= 0.6 is 0 Å². The molecule has 4 heterocycles. The molecule has 2 aromatic rings. The van der Waals surface area contributed by atoms with E-state index in [-0.39, 0.29) is 23.3 Å². The van der Waals surface area contributed by atoms with Crippen LogP contribution in [0.15, 0.2) is 28.7 Å². The molecule has 0 bridgehead atoms. The van der Waals surface area contributed by atoms with E-state index in [1.165, 1.54) is 0 Å². The van der Waals surface area contributed by atoms with Crippen molar-refractivity contribution in [2.45, 2.75) is 44.2 Å². The number of amides is 1. The summed E-state index contributed by atoms with van der Waals surface area (Å²) in [6.07, 6.45) is 4.46. The van der Waals surface area contributed by atoms with Crippen LogP contribution in [0.25, 0.3) is 11.1 Å². The average molecular weight is 399 g/mol. The first-order chi connectivity index (χ1) is 14.1. The summed E-state index contributed by atoms with van der Waals surface area (Å²) in [5.74, 6) is 0.0448. The van der Waals surface area contributed by atoms with Crippen molar-refractivity contribution in [3.63, 3.8) is 0 Å². The van der Waals surface area contributed by atoms with Gasteiger partial charge in [-0.3, -0.25) is 9.69 Å². The van der Waals surface area contributed by atoms with Gasteiger partial charge < -0.3 is 19.2 Å². The van der Waals surface area contributed by atoms with Crippen LogP contribution in [0.5, 0.6) is 0 Å². The molecule has 1 amide bonds. The normalized spacial score (nSPS) is 26.2. The number of piperidine rings is 2. The van der Waals surface area contributed by atoms with Crippen LogP contribution in [0.2, 0.25) is 0 Å². The zero-order valence-corrected chi connectivity index (χ0v) is 16.8. The summed E-state index contributed by atoms with van der Waals surface area (Å²) in [4.78, 5) is 21.6. The van der Waals surface area contributed by atoms with Crippen molar-refractivity contribution in [3.05, 3.63) is 30.2 Å². The fourth-order valence-electron chi connectivity index (χ4n) is 5.37. The van der Waals surface area contributed by atoms with Gasteiger partial charge in [-0.05, 0) is 49.7 Å². The zero-order valence-electron chi connectivity index (χ0n) is 16.8. The van der Waals surface area contributed by atoms with E-state index < -0.39 is 0 Å². The van der Waals surface area contributed by atoms with Crippen molar-refractivity contribution in [1.29, 1.82) is 0 Å². The standard InChI is InChI=1S/C22H29N3O4/c26-17-13-22(15-25(14-17)16-5-11-28-12-6-16)7-9-24(10-8-22)21(27)20-23-18-3-1-2-4-19(18)29-20/h1-4,16-17,26H,5-15H2. The van der Waals surface area contributed by atoms with Gasteiger partial charge in [-0.25, -0.2) is 4.98 Å². The van der Waals surface area contributed by atoms with Gasteiger partial charge in [-0.2, -0.15) is 0 Å². The van der Waals surface area contributed by atoms with E-state index in [0.29, 0.717) is 30.2 Å². The number of para-hydroxylation sites is 2. The van der Waals surface area contributed by atoms with Crippen LogP contribution in [0.3, 0.4) is 0 Å². The van der Waals surface area contributed by atoms with Crippen molar-refractivity contribution in [1.82, 2.24) is 14.8 Å². The van der Waals surface area contributed by atoms with E-state index in [0.717, 1.165) is 58.4 Å². The molecular formula is C22H29N3O4. The highest BCUT2D eigenvalue weighted by atomic mass is 16.5. The number of hydrogen-bond acceptors (Lipinski definition) is 6. The van der Waals surface area contributed by atoms with Crippen LogP contribution in [0.1, 0.15) is 42.8 Å². The number of carbonyl (C=O) groups is 1. The molecule has 1 aromatic heterocycles. The lowest BCUT2D eigenvalue weighted by molar-refractivity contribution is -0.0696. The van der Waals surface area contributed by atoms with Crippen molar-refractivity contribution in [2.75, 3.05) is 39.4 Å². The molecule has 7 nitrogen and oxygen atoms in total. The monoisotopic (exact) mass is 399 g/mol. The third-order valence-corrected chi connectivity index (χ3v) is 6.95. The number of nitrogens with zero attached hydrogens (tertiary/aromatic N) is 3. The number of β-amino-alcohol motifs (C(OH)–C–C–N with tert-alkyl or cyclic N) is 1. The molecule has 0 radical (unpaired) electrons. The lowest BCUT2D eigenvalue weighted by Gasteiger charge is -2.51. The largest absolute Gasteiger partial charge is 0.432 e. The minimum atomic E-state index is -0.286. The molecule has 0 saturated carbocycles. The van der Waals surface area contributed by atoms with E-state index in [2.05, 4.69) is 9.88 Å². The van der Waals surface area contributed by atoms with Gasteiger partial charge in [0.2, 0.25) is 0 Å².